The van der Waals surface area contributed by atoms with Crippen LogP contribution in [0.1, 0.15) is 25.7 Å². The lowest BCUT2D eigenvalue weighted by molar-refractivity contribution is -0.136. The molecule has 0 saturated heterocycles. The Balaban J connectivity index is 1.24. The normalized spacial score (nSPS) is 27.9. The first-order valence-corrected chi connectivity index (χ1v) is 9.84. The number of allylic oxidation sites excluding steroid dienone is 2. The zero-order valence-corrected chi connectivity index (χ0v) is 15.9. The van der Waals surface area contributed by atoms with E-state index in [0.29, 0.717) is 38.7 Å². The van der Waals surface area contributed by atoms with Gasteiger partial charge >= 0.3 is 6.09 Å². The highest BCUT2D eigenvalue weighted by Gasteiger charge is 2.49. The molecule has 1 aliphatic heterocycles. The highest BCUT2D eigenvalue weighted by molar-refractivity contribution is 6.12. The molecule has 1 heterocycles. The molecule has 2 aliphatic carbocycles. The van der Waals surface area contributed by atoms with Gasteiger partial charge in [0.2, 0.25) is 0 Å². The topological polar surface area (TPSA) is 79.0 Å². The Kier molecular flexibility index (Phi) is 6.66. The molecule has 0 aromatic heterocycles. The molecule has 1 fully saturated rings. The van der Waals surface area contributed by atoms with Gasteiger partial charge in [-0.2, -0.15) is 0 Å². The average molecular weight is 375 g/mol. The van der Waals surface area contributed by atoms with Gasteiger partial charge in [0.05, 0.1) is 6.61 Å². The molecule has 3 amide bonds. The summed E-state index contributed by atoms with van der Waals surface area (Å²) < 4.78 is 5.40. The molecule has 0 spiro atoms. The van der Waals surface area contributed by atoms with Gasteiger partial charge in [-0.3, -0.25) is 14.5 Å². The molecule has 27 heavy (non-hydrogen) atoms. The molecule has 3 aliphatic rings. The smallest absolute Gasteiger partial charge is 0.407 e. The Morgan fingerprint density at radius 3 is 2.41 bits per heavy atom. The van der Waals surface area contributed by atoms with Crippen molar-refractivity contribution in [3.8, 4) is 0 Å². The van der Waals surface area contributed by atoms with Crippen molar-refractivity contribution in [3.05, 3.63) is 24.3 Å². The molecule has 7 heteroatoms. The molecular formula is C20H29N3O4. The first-order chi connectivity index (χ1) is 13.1. The summed E-state index contributed by atoms with van der Waals surface area (Å²) in [6.45, 7) is 2.53. The van der Waals surface area contributed by atoms with E-state index in [4.69, 9.17) is 4.74 Å². The number of carbonyl (C=O) groups excluding carboxylic acids is 3. The number of hydrogen-bond acceptors (Lipinski definition) is 5. The first-order valence-electron chi connectivity index (χ1n) is 9.84. The molecule has 0 radical (unpaired) electrons. The van der Waals surface area contributed by atoms with Gasteiger partial charge in [0.25, 0.3) is 11.8 Å². The van der Waals surface area contributed by atoms with E-state index in [9.17, 15) is 14.4 Å². The number of alkyl carbamates (subject to hydrolysis) is 1. The molecule has 1 saturated carbocycles. The van der Waals surface area contributed by atoms with Gasteiger partial charge < -0.3 is 15.0 Å². The summed E-state index contributed by atoms with van der Waals surface area (Å²) in [5, 5.41) is 2.77. The molecule has 0 aromatic carbocycles. The number of fused-ring (bicyclic) bond motifs is 1. The van der Waals surface area contributed by atoms with Gasteiger partial charge in [0.15, 0.2) is 0 Å². The zero-order valence-electron chi connectivity index (χ0n) is 15.9. The second kappa shape index (κ2) is 9.17. The Hall–Kier alpha value is -2.15. The third-order valence-corrected chi connectivity index (χ3v) is 5.78. The van der Waals surface area contributed by atoms with Crippen molar-refractivity contribution >= 4 is 17.9 Å². The average Bonchev–Trinajstić information content (AvgIpc) is 3.15. The van der Waals surface area contributed by atoms with Gasteiger partial charge in [-0.25, -0.2) is 4.79 Å². The highest BCUT2D eigenvalue weighted by atomic mass is 16.5. The maximum absolute atomic E-state index is 11.9. The van der Waals surface area contributed by atoms with Crippen molar-refractivity contribution in [2.45, 2.75) is 25.7 Å². The van der Waals surface area contributed by atoms with Crippen LogP contribution in [0.5, 0.6) is 0 Å². The van der Waals surface area contributed by atoms with Crippen molar-refractivity contribution in [2.75, 3.05) is 39.8 Å². The number of likely N-dealkylation sites (N-methyl/N-ethyl adjacent to an activating group) is 1. The van der Waals surface area contributed by atoms with Crippen LogP contribution in [0.2, 0.25) is 0 Å². The standard InChI is InChI=1S/C20H29N3O4/c1-22(12-13-23-18(24)8-9-19(23)25)11-10-21-20(26)27-14-17-15-6-4-2-3-5-7-16(15)17/h2-3,8-9,15-17H,4-7,10-14H2,1H3,(H,21,26)/b3-2-/t15-,16+,17?. The number of carbonyl (C=O) groups is 3. The molecular weight excluding hydrogens is 346 g/mol. The minimum Gasteiger partial charge on any atom is -0.449 e. The summed E-state index contributed by atoms with van der Waals surface area (Å²) in [5.41, 5.74) is 0. The van der Waals surface area contributed by atoms with E-state index in [1.807, 2.05) is 11.9 Å². The summed E-state index contributed by atoms with van der Waals surface area (Å²) in [7, 11) is 1.89. The highest BCUT2D eigenvalue weighted by Crippen LogP contribution is 2.52. The fourth-order valence-electron chi connectivity index (χ4n) is 4.05. The van der Waals surface area contributed by atoms with Crippen molar-refractivity contribution in [1.29, 1.82) is 0 Å². The minimum atomic E-state index is -0.366. The molecule has 3 rings (SSSR count). The SMILES string of the molecule is CN(CCNC(=O)OCC1[C@H]2CC/C=C\CC[C@@H]12)CCN1C(=O)C=CC1=O. The van der Waals surface area contributed by atoms with Gasteiger partial charge in [0.1, 0.15) is 0 Å². The molecule has 148 valence electrons. The number of imide groups is 1. The molecule has 0 bridgehead atoms. The predicted octanol–water partition coefficient (Wildman–Crippen LogP) is 1.56. The van der Waals surface area contributed by atoms with E-state index in [2.05, 4.69) is 17.5 Å². The minimum absolute atomic E-state index is 0.266. The van der Waals surface area contributed by atoms with Crippen molar-refractivity contribution in [2.24, 2.45) is 17.8 Å². The van der Waals surface area contributed by atoms with E-state index in [-0.39, 0.29) is 17.9 Å². The van der Waals surface area contributed by atoms with Gasteiger partial charge in [-0.15, -0.1) is 0 Å². The Labute approximate surface area is 160 Å². The summed E-state index contributed by atoms with van der Waals surface area (Å²) in [4.78, 5) is 38.0. The van der Waals surface area contributed by atoms with Crippen LogP contribution < -0.4 is 5.32 Å². The maximum Gasteiger partial charge on any atom is 0.407 e. The van der Waals surface area contributed by atoms with Crippen molar-refractivity contribution in [3.63, 3.8) is 0 Å². The molecule has 1 N–H and O–H groups in total. The van der Waals surface area contributed by atoms with E-state index in [1.54, 1.807) is 0 Å². The lowest BCUT2D eigenvalue weighted by Gasteiger charge is -2.20. The largest absolute Gasteiger partial charge is 0.449 e. The van der Waals surface area contributed by atoms with E-state index in [1.165, 1.54) is 29.9 Å². The molecule has 7 nitrogen and oxygen atoms in total. The van der Waals surface area contributed by atoms with Crippen LogP contribution in [0.4, 0.5) is 4.79 Å². The molecule has 1 unspecified atom stereocenters. The molecule has 0 aromatic rings. The van der Waals surface area contributed by atoms with Gasteiger partial charge in [-0.05, 0) is 50.5 Å². The Bertz CT molecular complexity index is 597. The van der Waals surface area contributed by atoms with E-state index < -0.39 is 0 Å². The second-order valence-electron chi connectivity index (χ2n) is 7.61. The number of nitrogens with zero attached hydrogens (tertiary/aromatic N) is 2. The Morgan fingerprint density at radius 1 is 1.15 bits per heavy atom. The second-order valence-corrected chi connectivity index (χ2v) is 7.61. The van der Waals surface area contributed by atoms with Crippen LogP contribution in [-0.2, 0) is 14.3 Å². The van der Waals surface area contributed by atoms with E-state index >= 15 is 0 Å². The predicted molar refractivity (Wildman–Crippen MR) is 101 cm³/mol. The Morgan fingerprint density at radius 2 is 1.78 bits per heavy atom. The van der Waals surface area contributed by atoms with Crippen molar-refractivity contribution in [1.82, 2.24) is 15.1 Å². The summed E-state index contributed by atoms with van der Waals surface area (Å²) in [6, 6.07) is 0. The number of hydrogen-bond donors (Lipinski definition) is 1. The number of amides is 3. The summed E-state index contributed by atoms with van der Waals surface area (Å²) in [5.74, 6) is 1.44. The summed E-state index contributed by atoms with van der Waals surface area (Å²) in [6.07, 6.45) is 11.4. The van der Waals surface area contributed by atoms with E-state index in [0.717, 1.165) is 24.7 Å². The van der Waals surface area contributed by atoms with Crippen LogP contribution in [0.3, 0.4) is 0 Å². The fourth-order valence-corrected chi connectivity index (χ4v) is 4.05. The monoisotopic (exact) mass is 375 g/mol. The van der Waals surface area contributed by atoms with Crippen molar-refractivity contribution < 1.29 is 19.1 Å². The number of ether oxygens (including phenoxy) is 1. The quantitative estimate of drug-likeness (QED) is 0.515. The molecule has 3 atom stereocenters. The van der Waals surface area contributed by atoms with Gasteiger partial charge in [0, 0.05) is 38.3 Å². The third-order valence-electron chi connectivity index (χ3n) is 5.78. The third kappa shape index (κ3) is 5.42. The zero-order chi connectivity index (χ0) is 19.2. The summed E-state index contributed by atoms with van der Waals surface area (Å²) >= 11 is 0. The van der Waals surface area contributed by atoms with Gasteiger partial charge in [-0.1, -0.05) is 12.2 Å². The van der Waals surface area contributed by atoms with Crippen LogP contribution in [-0.4, -0.2) is 67.5 Å². The maximum atomic E-state index is 11.9. The first kappa shape index (κ1) is 19.6. The van der Waals surface area contributed by atoms with Crippen LogP contribution in [0.25, 0.3) is 0 Å². The van der Waals surface area contributed by atoms with Crippen LogP contribution in [0.15, 0.2) is 24.3 Å². The van der Waals surface area contributed by atoms with Crippen LogP contribution >= 0.6 is 0 Å². The van der Waals surface area contributed by atoms with Crippen LogP contribution in [0, 0.1) is 17.8 Å². The fraction of sp³-hybridized carbons (Fsp3) is 0.650. The number of nitrogens with one attached hydrogen (secondary N) is 1. The number of rotatable bonds is 8. The lowest BCUT2D eigenvalue weighted by atomic mass is 10.1. The lowest BCUT2D eigenvalue weighted by Crippen LogP contribution is -2.39.